The van der Waals surface area contributed by atoms with Crippen molar-refractivity contribution < 1.29 is 17.6 Å². The Kier molecular flexibility index (Phi) is 6.85. The smallest absolute Gasteiger partial charge is 0.264 e. The van der Waals surface area contributed by atoms with Crippen molar-refractivity contribution in [2.75, 3.05) is 19.6 Å². The molecule has 1 N–H and O–H groups in total. The van der Waals surface area contributed by atoms with E-state index in [1.165, 1.54) is 56.4 Å². The highest BCUT2D eigenvalue weighted by atomic mass is 32.2. The van der Waals surface area contributed by atoms with Crippen LogP contribution in [0, 0.1) is 5.82 Å². The Morgan fingerprint density at radius 2 is 1.78 bits per heavy atom. The molecule has 10 nitrogen and oxygen atoms in total. The Balaban J connectivity index is 1.22. The zero-order valence-corrected chi connectivity index (χ0v) is 20.7. The van der Waals surface area contributed by atoms with Crippen molar-refractivity contribution in [3.63, 3.8) is 0 Å². The molecule has 3 heterocycles. The molecule has 1 fully saturated rings. The van der Waals surface area contributed by atoms with Gasteiger partial charge >= 0.3 is 0 Å². The summed E-state index contributed by atoms with van der Waals surface area (Å²) in [5.74, 6) is -0.759. The van der Waals surface area contributed by atoms with Gasteiger partial charge < -0.3 is 5.32 Å². The lowest BCUT2D eigenvalue weighted by atomic mass is 10.2. The van der Waals surface area contributed by atoms with E-state index >= 15 is 0 Å². The first kappa shape index (κ1) is 24.8. The highest BCUT2D eigenvalue weighted by molar-refractivity contribution is 7.89. The maximum absolute atomic E-state index is 14.0. The monoisotopic (exact) mass is 524 g/mol. The molecule has 0 radical (unpaired) electrons. The summed E-state index contributed by atoms with van der Waals surface area (Å²) in [5, 5.41) is 7.27. The van der Waals surface area contributed by atoms with Crippen LogP contribution in [-0.2, 0) is 23.1 Å². The lowest BCUT2D eigenvalue weighted by molar-refractivity contribution is 0.0952. The van der Waals surface area contributed by atoms with E-state index in [1.54, 1.807) is 18.2 Å². The molecule has 1 saturated heterocycles. The molecule has 1 aliphatic rings. The van der Waals surface area contributed by atoms with E-state index in [4.69, 9.17) is 0 Å². The molecule has 5 rings (SSSR count). The summed E-state index contributed by atoms with van der Waals surface area (Å²) in [6, 6.07) is 12.1. The number of nitrogens with one attached hydrogen (secondary N) is 1. The minimum atomic E-state index is -3.54. The van der Waals surface area contributed by atoms with E-state index in [1.807, 2.05) is 0 Å². The molecule has 0 atom stereocenters. The number of sulfonamides is 1. The van der Waals surface area contributed by atoms with Gasteiger partial charge in [-0.2, -0.15) is 9.40 Å². The summed E-state index contributed by atoms with van der Waals surface area (Å²) < 4.78 is 43.6. The number of amides is 1. The average Bonchev–Trinajstić information content (AvgIpc) is 3.59. The van der Waals surface area contributed by atoms with Crippen LogP contribution in [0.3, 0.4) is 0 Å². The fourth-order valence-corrected chi connectivity index (χ4v) is 5.83. The third-order valence-electron chi connectivity index (χ3n) is 6.35. The second-order valence-corrected chi connectivity index (χ2v) is 10.7. The third-order valence-corrected chi connectivity index (χ3v) is 8.26. The number of benzene rings is 2. The molecule has 2 aromatic carbocycles. The van der Waals surface area contributed by atoms with Crippen molar-refractivity contribution in [2.24, 2.45) is 0 Å². The summed E-state index contributed by atoms with van der Waals surface area (Å²) in [7, 11) is -3.54. The highest BCUT2D eigenvalue weighted by Gasteiger charge is 2.27. The summed E-state index contributed by atoms with van der Waals surface area (Å²) in [4.78, 5) is 29.9. The molecule has 0 bridgehead atoms. The number of halogens is 1. The summed E-state index contributed by atoms with van der Waals surface area (Å²) >= 11 is 0. The molecule has 4 aromatic rings. The van der Waals surface area contributed by atoms with Gasteiger partial charge in [-0.25, -0.2) is 22.5 Å². The maximum Gasteiger partial charge on any atom is 0.264 e. The minimum absolute atomic E-state index is 0.0494. The van der Waals surface area contributed by atoms with Gasteiger partial charge in [0.15, 0.2) is 5.65 Å². The predicted molar refractivity (Wildman–Crippen MR) is 134 cm³/mol. The molecular weight excluding hydrogens is 499 g/mol. The maximum atomic E-state index is 14.0. The third kappa shape index (κ3) is 5.02. The van der Waals surface area contributed by atoms with Gasteiger partial charge in [0.25, 0.3) is 11.5 Å². The van der Waals surface area contributed by atoms with Crippen LogP contribution in [-0.4, -0.2) is 57.6 Å². The van der Waals surface area contributed by atoms with Crippen molar-refractivity contribution in [3.8, 4) is 0 Å². The molecule has 1 aliphatic heterocycles. The van der Waals surface area contributed by atoms with Crippen molar-refractivity contribution in [3.05, 3.63) is 88.4 Å². The van der Waals surface area contributed by atoms with Gasteiger partial charge in [0, 0.05) is 30.8 Å². The van der Waals surface area contributed by atoms with Crippen LogP contribution in [0.5, 0.6) is 0 Å². The molecule has 1 amide bonds. The second-order valence-electron chi connectivity index (χ2n) is 8.77. The van der Waals surface area contributed by atoms with E-state index in [0.29, 0.717) is 35.2 Å². The van der Waals surface area contributed by atoms with Crippen molar-refractivity contribution in [1.29, 1.82) is 0 Å². The number of carbonyl (C=O) groups excluding carboxylic acids is 1. The molecule has 0 aliphatic carbocycles. The summed E-state index contributed by atoms with van der Waals surface area (Å²) in [6.45, 7) is 1.56. The van der Waals surface area contributed by atoms with Crippen LogP contribution in [0.4, 0.5) is 4.39 Å². The first-order valence-corrected chi connectivity index (χ1v) is 13.3. The average molecular weight is 525 g/mol. The van der Waals surface area contributed by atoms with Crippen molar-refractivity contribution in [2.45, 2.75) is 30.8 Å². The molecule has 2 aromatic heterocycles. The lowest BCUT2D eigenvalue weighted by Crippen LogP contribution is -2.29. The van der Waals surface area contributed by atoms with Crippen molar-refractivity contribution in [1.82, 2.24) is 29.0 Å². The SMILES string of the molecule is O=C(NCCn1ncc2c(=O)n(Cc3ccccc3F)cnc21)c1ccc(S(=O)(=O)N2CCCC2)cc1. The normalized spacial score (nSPS) is 14.3. The number of fused-ring (bicyclic) bond motifs is 1. The number of carbonyl (C=O) groups is 1. The Hall–Kier alpha value is -3.90. The molecule has 192 valence electrons. The lowest BCUT2D eigenvalue weighted by Gasteiger charge is -2.15. The van der Waals surface area contributed by atoms with Crippen LogP contribution in [0.1, 0.15) is 28.8 Å². The fraction of sp³-hybridized carbons (Fsp3) is 0.280. The Morgan fingerprint density at radius 3 is 2.51 bits per heavy atom. The number of hydrogen-bond acceptors (Lipinski definition) is 6. The Labute approximate surface area is 212 Å². The molecule has 0 unspecified atom stereocenters. The molecule has 0 spiro atoms. The van der Waals surface area contributed by atoms with Crippen LogP contribution >= 0.6 is 0 Å². The number of aromatic nitrogens is 4. The van der Waals surface area contributed by atoms with Crippen LogP contribution in [0.15, 0.2) is 70.7 Å². The standard InChI is InChI=1S/C25H25FN6O4S/c26-22-6-2-1-5-19(22)16-30-17-28-23-21(25(30)34)15-29-32(23)14-11-27-24(33)18-7-9-20(10-8-18)37(35,36)31-12-3-4-13-31/h1-2,5-10,15,17H,3-4,11-14,16H2,(H,27,33). The Bertz CT molecular complexity index is 1610. The van der Waals surface area contributed by atoms with E-state index in [9.17, 15) is 22.4 Å². The fourth-order valence-electron chi connectivity index (χ4n) is 4.32. The van der Waals surface area contributed by atoms with Gasteiger partial charge in [0.05, 0.1) is 24.2 Å². The molecule has 37 heavy (non-hydrogen) atoms. The quantitative estimate of drug-likeness (QED) is 0.377. The first-order chi connectivity index (χ1) is 17.8. The van der Waals surface area contributed by atoms with E-state index < -0.39 is 15.8 Å². The largest absolute Gasteiger partial charge is 0.350 e. The number of nitrogens with zero attached hydrogens (tertiary/aromatic N) is 5. The summed E-state index contributed by atoms with van der Waals surface area (Å²) in [6.07, 6.45) is 4.46. The van der Waals surface area contributed by atoms with Gasteiger partial charge in [0.2, 0.25) is 10.0 Å². The Morgan fingerprint density at radius 1 is 1.05 bits per heavy atom. The molecule has 0 saturated carbocycles. The van der Waals surface area contributed by atoms with E-state index in [-0.39, 0.29) is 36.0 Å². The zero-order valence-electron chi connectivity index (χ0n) is 19.9. The van der Waals surface area contributed by atoms with Gasteiger partial charge in [-0.05, 0) is 43.2 Å². The second kappa shape index (κ2) is 10.2. The topological polar surface area (TPSA) is 119 Å². The van der Waals surface area contributed by atoms with Crippen molar-refractivity contribution >= 4 is 27.0 Å². The number of hydrogen-bond donors (Lipinski definition) is 1. The van der Waals surface area contributed by atoms with E-state index in [0.717, 1.165) is 12.8 Å². The highest BCUT2D eigenvalue weighted by Crippen LogP contribution is 2.21. The van der Waals surface area contributed by atoms with Gasteiger partial charge in [-0.15, -0.1) is 0 Å². The van der Waals surface area contributed by atoms with Gasteiger partial charge in [-0.1, -0.05) is 18.2 Å². The zero-order chi connectivity index (χ0) is 26.0. The number of rotatable bonds is 8. The van der Waals surface area contributed by atoms with E-state index in [2.05, 4.69) is 15.4 Å². The van der Waals surface area contributed by atoms with Crippen LogP contribution in [0.25, 0.3) is 11.0 Å². The predicted octanol–water partition coefficient (Wildman–Crippen LogP) is 1.99. The molecule has 12 heteroatoms. The van der Waals surface area contributed by atoms with Gasteiger partial charge in [0.1, 0.15) is 17.5 Å². The molecular formula is C25H25FN6O4S. The van der Waals surface area contributed by atoms with Crippen LogP contribution in [0.2, 0.25) is 0 Å². The first-order valence-electron chi connectivity index (χ1n) is 11.9. The van der Waals surface area contributed by atoms with Gasteiger partial charge in [-0.3, -0.25) is 14.2 Å². The minimum Gasteiger partial charge on any atom is -0.350 e. The summed E-state index contributed by atoms with van der Waals surface area (Å²) in [5.41, 5.74) is 0.732. The van der Waals surface area contributed by atoms with Crippen LogP contribution < -0.4 is 10.9 Å².